The second-order valence-corrected chi connectivity index (χ2v) is 18.9. The third kappa shape index (κ3) is 20.9. The number of nitrogens with two attached hydrogens (primary N) is 6. The van der Waals surface area contributed by atoms with Crippen LogP contribution >= 0.6 is 0 Å². The Bertz CT molecular complexity index is 2240. The predicted octanol–water partition coefficient (Wildman–Crippen LogP) is -1.79. The number of carbonyl (C=O) groups excluding carboxylic acids is 8. The molecule has 7 atom stereocenters. The quantitative estimate of drug-likeness (QED) is 0.0226. The van der Waals surface area contributed by atoms with E-state index in [4.69, 9.17) is 34.4 Å². The molecule has 1 heterocycles. The van der Waals surface area contributed by atoms with Crippen molar-refractivity contribution >= 4 is 59.2 Å². The van der Waals surface area contributed by atoms with E-state index in [9.17, 15) is 43.5 Å². The lowest BCUT2D eigenvalue weighted by Crippen LogP contribution is -2.60. The molecule has 2 aromatic rings. The number of carbonyl (C=O) groups is 8. The number of likely N-dealkylation sites (N-methyl/N-ethyl adjacent to an activating group) is 1. The number of phenols is 1. The zero-order valence-electron chi connectivity index (χ0n) is 43.1. The maximum Gasteiger partial charge on any atom is 0.245 e. The highest BCUT2D eigenvalue weighted by Crippen LogP contribution is 2.22. The first-order valence-corrected chi connectivity index (χ1v) is 25.1. The van der Waals surface area contributed by atoms with Crippen LogP contribution in [0.2, 0.25) is 0 Å². The summed E-state index contributed by atoms with van der Waals surface area (Å²) in [7, 11) is 1.47. The van der Waals surface area contributed by atoms with Gasteiger partial charge in [-0.05, 0) is 87.0 Å². The Balaban J connectivity index is 1.90. The standard InChI is InChI=1S/C50H79N15O9/c1-5-6-15-36(61-46(72)40(26-30(2)3)64(4)47(73)38(28-31-13-8-7-9-14-31)63-42(68)34(51)27-32-19-21-33(66)22-20-32)44(70)62-37(17-11-24-58-50(55)56)48(74)65-25-12-18-39(65)45(71)60-35(16-10-23-57-49(53)54)43(69)59-29-41(52)67/h7-9,13-14,19-22,30,34-40,66H,5-6,10-12,15-18,23-29,51H2,1-4H3,(H2,52,67)(H,59,69)(H,60,71)(H,61,72)(H,62,70)(H,63,68)(H4,53,54,57)(H4,55,56,58)/t34-,35-,36-,37-,38-,39-,40-/m0/s1. The highest BCUT2D eigenvalue weighted by Gasteiger charge is 2.40. The number of nitrogens with zero attached hydrogens (tertiary/aromatic N) is 4. The molecule has 0 spiro atoms. The highest BCUT2D eigenvalue weighted by atomic mass is 16.3. The molecule has 1 fully saturated rings. The van der Waals surface area contributed by atoms with Crippen molar-refractivity contribution in [1.82, 2.24) is 36.4 Å². The summed E-state index contributed by atoms with van der Waals surface area (Å²) in [6.45, 7) is 5.59. The van der Waals surface area contributed by atoms with Gasteiger partial charge in [-0.3, -0.25) is 48.3 Å². The van der Waals surface area contributed by atoms with Crippen LogP contribution in [-0.4, -0.2) is 150 Å². The Hall–Kier alpha value is -7.50. The smallest absolute Gasteiger partial charge is 0.245 e. The molecule has 2 aromatic carbocycles. The summed E-state index contributed by atoms with van der Waals surface area (Å²) < 4.78 is 0. The van der Waals surface area contributed by atoms with Gasteiger partial charge in [0.25, 0.3) is 0 Å². The number of benzene rings is 2. The second kappa shape index (κ2) is 31.2. The van der Waals surface area contributed by atoms with Crippen LogP contribution in [0.4, 0.5) is 0 Å². The lowest BCUT2D eigenvalue weighted by Gasteiger charge is -2.34. The van der Waals surface area contributed by atoms with E-state index in [2.05, 4.69) is 36.6 Å². The van der Waals surface area contributed by atoms with E-state index < -0.39 is 96.1 Å². The maximum atomic E-state index is 14.6. The maximum absolute atomic E-state index is 14.6. The molecule has 18 N–H and O–H groups in total. The number of amides is 8. The van der Waals surface area contributed by atoms with Gasteiger partial charge in [0.15, 0.2) is 11.9 Å². The van der Waals surface area contributed by atoms with Crippen molar-refractivity contribution in [1.29, 1.82) is 0 Å². The minimum absolute atomic E-state index is 0.0317. The van der Waals surface area contributed by atoms with E-state index in [0.717, 1.165) is 5.56 Å². The van der Waals surface area contributed by atoms with Gasteiger partial charge in [0, 0.05) is 33.1 Å². The molecule has 0 unspecified atom stereocenters. The van der Waals surface area contributed by atoms with Gasteiger partial charge < -0.3 is 75.9 Å². The summed E-state index contributed by atoms with van der Waals surface area (Å²) in [6, 6.07) is 7.37. The fraction of sp³-hybridized carbons (Fsp3) is 0.560. The van der Waals surface area contributed by atoms with Crippen molar-refractivity contribution in [2.24, 2.45) is 50.3 Å². The van der Waals surface area contributed by atoms with Crippen LogP contribution in [0, 0.1) is 5.92 Å². The van der Waals surface area contributed by atoms with E-state index in [1.54, 1.807) is 24.3 Å². The molecule has 0 bridgehead atoms. The fourth-order valence-corrected chi connectivity index (χ4v) is 8.41. The summed E-state index contributed by atoms with van der Waals surface area (Å²) in [5, 5.41) is 23.3. The van der Waals surface area contributed by atoms with Crippen LogP contribution in [0.1, 0.15) is 96.1 Å². The number of guanidine groups is 2. The first-order valence-electron chi connectivity index (χ1n) is 25.1. The molecule has 8 amide bonds. The van der Waals surface area contributed by atoms with E-state index >= 15 is 0 Å². The molecular formula is C50H79N15O9. The topological polar surface area (TPSA) is 404 Å². The van der Waals surface area contributed by atoms with E-state index in [1.165, 1.54) is 29.0 Å². The third-order valence-corrected chi connectivity index (χ3v) is 12.3. The number of unbranched alkanes of at least 4 members (excludes halogenated alkanes) is 1. The van der Waals surface area contributed by atoms with E-state index in [-0.39, 0.29) is 101 Å². The van der Waals surface area contributed by atoms with Crippen LogP contribution in [-0.2, 0) is 51.2 Å². The molecule has 1 saturated heterocycles. The van der Waals surface area contributed by atoms with Gasteiger partial charge in [-0.1, -0.05) is 76.1 Å². The van der Waals surface area contributed by atoms with Crippen molar-refractivity contribution in [3.63, 3.8) is 0 Å². The zero-order chi connectivity index (χ0) is 54.9. The molecule has 0 aromatic heterocycles. The minimum Gasteiger partial charge on any atom is -0.508 e. The van der Waals surface area contributed by atoms with Crippen LogP contribution < -0.4 is 61.0 Å². The number of hydrogen-bond donors (Lipinski definition) is 12. The predicted molar refractivity (Wildman–Crippen MR) is 280 cm³/mol. The van der Waals surface area contributed by atoms with Crippen molar-refractivity contribution < 1.29 is 43.5 Å². The van der Waals surface area contributed by atoms with E-state index in [1.807, 2.05) is 39.0 Å². The molecule has 3 rings (SSSR count). The Morgan fingerprint density at radius 3 is 1.84 bits per heavy atom. The second-order valence-electron chi connectivity index (χ2n) is 18.9. The summed E-state index contributed by atoms with van der Waals surface area (Å²) >= 11 is 0. The molecular weight excluding hydrogens is 955 g/mol. The third-order valence-electron chi connectivity index (χ3n) is 12.3. The lowest BCUT2D eigenvalue weighted by molar-refractivity contribution is -0.144. The summed E-state index contributed by atoms with van der Waals surface area (Å²) in [5.74, 6) is -5.62. The Morgan fingerprint density at radius 2 is 1.26 bits per heavy atom. The van der Waals surface area contributed by atoms with Crippen LogP contribution in [0.3, 0.4) is 0 Å². The van der Waals surface area contributed by atoms with Crippen LogP contribution in [0.15, 0.2) is 64.6 Å². The number of likely N-dealkylation sites (tertiary alicyclic amines) is 1. The molecule has 1 aliphatic heterocycles. The van der Waals surface area contributed by atoms with Gasteiger partial charge >= 0.3 is 0 Å². The molecule has 0 radical (unpaired) electrons. The van der Waals surface area contributed by atoms with Gasteiger partial charge in [0.2, 0.25) is 47.3 Å². The average molecular weight is 1030 g/mol. The Morgan fingerprint density at radius 1 is 0.703 bits per heavy atom. The van der Waals surface area contributed by atoms with Crippen molar-refractivity contribution in [2.45, 2.75) is 140 Å². The fourth-order valence-electron chi connectivity index (χ4n) is 8.41. The number of hydrogen-bond acceptors (Lipinski definition) is 12. The largest absolute Gasteiger partial charge is 0.508 e. The minimum atomic E-state index is -1.22. The molecule has 74 heavy (non-hydrogen) atoms. The number of phenolic OH excluding ortho intramolecular Hbond substituents is 1. The zero-order valence-corrected chi connectivity index (χ0v) is 43.1. The molecule has 0 saturated carbocycles. The van der Waals surface area contributed by atoms with Gasteiger partial charge in [-0.15, -0.1) is 0 Å². The van der Waals surface area contributed by atoms with Crippen LogP contribution in [0.5, 0.6) is 5.75 Å². The molecule has 24 nitrogen and oxygen atoms in total. The Labute approximate surface area is 433 Å². The number of aromatic hydroxyl groups is 1. The molecule has 1 aliphatic rings. The van der Waals surface area contributed by atoms with E-state index in [0.29, 0.717) is 24.8 Å². The molecule has 408 valence electrons. The van der Waals surface area contributed by atoms with Crippen molar-refractivity contribution in [3.05, 3.63) is 65.7 Å². The van der Waals surface area contributed by atoms with Gasteiger partial charge in [0.05, 0.1) is 12.6 Å². The number of aliphatic imine (C=N–C) groups is 2. The lowest BCUT2D eigenvalue weighted by atomic mass is 9.98. The normalized spacial score (nSPS) is 15.5. The first-order chi connectivity index (χ1) is 35.1. The Kier molecular flexibility index (Phi) is 25.6. The van der Waals surface area contributed by atoms with Crippen molar-refractivity contribution in [3.8, 4) is 5.75 Å². The number of rotatable bonds is 31. The van der Waals surface area contributed by atoms with Crippen molar-refractivity contribution in [2.75, 3.05) is 33.2 Å². The molecule has 0 aliphatic carbocycles. The van der Waals surface area contributed by atoms with Gasteiger partial charge in [-0.25, -0.2) is 0 Å². The first kappa shape index (κ1) is 60.8. The summed E-state index contributed by atoms with van der Waals surface area (Å²) in [4.78, 5) is 121. The monoisotopic (exact) mass is 1030 g/mol. The summed E-state index contributed by atoms with van der Waals surface area (Å²) in [6.07, 6.45) is 2.94. The number of primary amides is 1. The average Bonchev–Trinajstić information content (AvgIpc) is 3.86. The SMILES string of the molecule is CCCC[C@H](NC(=O)[C@H](CC(C)C)N(C)C(=O)[C@H](Cc1ccccc1)NC(=O)[C@@H](N)Cc1ccc(O)cc1)C(=O)N[C@@H](CCCN=C(N)N)C(=O)N1CCC[C@H]1C(=O)N[C@@H](CCCN=C(N)N)C(=O)NCC(N)=O. The van der Waals surface area contributed by atoms with Gasteiger partial charge in [0.1, 0.15) is 42.0 Å². The number of nitrogens with one attached hydrogen (secondary N) is 5. The van der Waals surface area contributed by atoms with Crippen LogP contribution in [0.25, 0.3) is 0 Å². The molecule has 24 heteroatoms. The summed E-state index contributed by atoms with van der Waals surface area (Å²) in [5.41, 5.74) is 35.0. The van der Waals surface area contributed by atoms with Gasteiger partial charge in [-0.2, -0.15) is 0 Å². The highest BCUT2D eigenvalue weighted by molar-refractivity contribution is 5.98.